The fourth-order valence-electron chi connectivity index (χ4n) is 4.31. The molecule has 0 fully saturated rings. The van der Waals surface area contributed by atoms with Gasteiger partial charge in [0.25, 0.3) is 5.91 Å². The number of hydrogen-bond donors (Lipinski definition) is 1. The highest BCUT2D eigenvalue weighted by Crippen LogP contribution is 2.63. The van der Waals surface area contributed by atoms with E-state index in [1.165, 1.54) is 15.9 Å². The number of carbonyl (C=O) groups is 1. The number of halogens is 1. The number of benzene rings is 4. The van der Waals surface area contributed by atoms with Crippen LogP contribution in [0.1, 0.15) is 10.4 Å². The molecule has 0 aromatic heterocycles. The van der Waals surface area contributed by atoms with E-state index in [0.717, 1.165) is 5.44 Å². The molecule has 202 valence electrons. The molecule has 0 radical (unpaired) electrons. The summed E-state index contributed by atoms with van der Waals surface area (Å²) in [6.07, 6.45) is 2.11. The van der Waals surface area contributed by atoms with Crippen LogP contribution in [-0.2, 0) is 0 Å². The second kappa shape index (κ2) is 13.5. The van der Waals surface area contributed by atoms with Gasteiger partial charge in [-0.05, 0) is 48.5 Å². The monoisotopic (exact) mass is 565 g/mol. The number of hydrogen-bond acceptors (Lipinski definition) is 6. The van der Waals surface area contributed by atoms with Crippen LogP contribution in [0.3, 0.4) is 0 Å². The van der Waals surface area contributed by atoms with E-state index in [1.54, 1.807) is 0 Å². The van der Waals surface area contributed by atoms with Gasteiger partial charge in [0.1, 0.15) is 15.9 Å². The summed E-state index contributed by atoms with van der Waals surface area (Å²) in [6.45, 7) is 0. The fraction of sp³-hybridized carbons (Fsp3) is 0.100. The molecule has 0 unspecified atom stereocenters. The first-order valence-electron chi connectivity index (χ1n) is 12.0. The summed E-state index contributed by atoms with van der Waals surface area (Å²) in [5, 5.41) is 3.61. The fourth-order valence-corrected chi connectivity index (χ4v) is 8.80. The summed E-state index contributed by atoms with van der Waals surface area (Å²) in [7, 11) is -1.20. The van der Waals surface area contributed by atoms with Crippen LogP contribution >= 0.6 is 7.26 Å². The zero-order valence-corrected chi connectivity index (χ0v) is 23.6. The molecule has 0 spiro atoms. The van der Waals surface area contributed by atoms with Gasteiger partial charge in [0, 0.05) is 26.7 Å². The Hall–Kier alpha value is -3.55. The van der Waals surface area contributed by atoms with Gasteiger partial charge in [0.15, 0.2) is 12.7 Å². The third-order valence-electron chi connectivity index (χ3n) is 5.82. The lowest BCUT2D eigenvalue weighted by atomic mass is 10.2. The SMILES string of the molecule is CN(C)/C=C(\N(C)C(=O)c1ccccc1)[P+](c1ccccc1)(c1ccccc1)c1ccccc1.[O-][Cl+3]([O-])([O-])O. The van der Waals surface area contributed by atoms with Crippen molar-refractivity contribution in [3.05, 3.63) is 139 Å². The zero-order chi connectivity index (χ0) is 28.5. The van der Waals surface area contributed by atoms with E-state index >= 15 is 0 Å². The Balaban J connectivity index is 0.000000771. The van der Waals surface area contributed by atoms with Gasteiger partial charge in [-0.1, -0.05) is 72.8 Å². The van der Waals surface area contributed by atoms with Gasteiger partial charge < -0.3 is 4.90 Å². The van der Waals surface area contributed by atoms with Crippen molar-refractivity contribution in [1.29, 1.82) is 0 Å². The van der Waals surface area contributed by atoms with Crippen LogP contribution in [0.4, 0.5) is 0 Å². The molecule has 4 aromatic rings. The van der Waals surface area contributed by atoms with Crippen LogP contribution in [0.25, 0.3) is 0 Å². The quantitative estimate of drug-likeness (QED) is 0.334. The second-order valence-electron chi connectivity index (χ2n) is 8.75. The average molecular weight is 566 g/mol. The number of rotatable bonds is 7. The highest BCUT2D eigenvalue weighted by Gasteiger charge is 2.52. The standard InChI is InChI=1S/C30H30N2OP.ClHO4/c1-31(2)24-29(32(3)30(33)25-16-8-4-9-17-25)34(26-18-10-5-11-19-26,27-20-12-6-13-21-27)28-22-14-7-15-23-28;2-1(3,4)5/h4-24H,1-3H3;(H,2,3,4,5)/q+1;/b29-24+;. The molecule has 0 aliphatic carbocycles. The van der Waals surface area contributed by atoms with Crippen LogP contribution in [0.5, 0.6) is 0 Å². The van der Waals surface area contributed by atoms with E-state index in [1.807, 2.05) is 79.5 Å². The van der Waals surface area contributed by atoms with E-state index < -0.39 is 17.5 Å². The minimum absolute atomic E-state index is 0.0270. The summed E-state index contributed by atoms with van der Waals surface area (Å²) < 4.78 is 32.7. The predicted molar refractivity (Wildman–Crippen MR) is 148 cm³/mol. The molecule has 39 heavy (non-hydrogen) atoms. The Morgan fingerprint density at radius 1 is 0.667 bits per heavy atom. The molecule has 0 saturated carbocycles. The van der Waals surface area contributed by atoms with Crippen molar-refractivity contribution in [3.63, 3.8) is 0 Å². The molecule has 0 saturated heterocycles. The molecule has 0 aliphatic rings. The maximum absolute atomic E-state index is 13.8. The minimum Gasteiger partial charge on any atom is -0.379 e. The van der Waals surface area contributed by atoms with E-state index in [2.05, 4.69) is 79.0 Å². The van der Waals surface area contributed by atoms with Gasteiger partial charge in [0.05, 0.1) is 21.1 Å². The lowest BCUT2D eigenvalue weighted by Crippen LogP contribution is -2.58. The molecular weight excluding hydrogens is 535 g/mol. The molecule has 7 nitrogen and oxygen atoms in total. The largest absolute Gasteiger partial charge is 0.379 e. The van der Waals surface area contributed by atoms with Crippen LogP contribution in [0.2, 0.25) is 0 Å². The van der Waals surface area contributed by atoms with Crippen molar-refractivity contribution in [2.75, 3.05) is 21.1 Å². The van der Waals surface area contributed by atoms with Gasteiger partial charge in [0.2, 0.25) is 0 Å². The first-order chi connectivity index (χ1) is 18.5. The zero-order valence-electron chi connectivity index (χ0n) is 21.9. The molecule has 4 rings (SSSR count). The van der Waals surface area contributed by atoms with Gasteiger partial charge in [-0.25, -0.2) is 0 Å². The van der Waals surface area contributed by atoms with Gasteiger partial charge in [-0.2, -0.15) is 14.0 Å². The summed E-state index contributed by atoms with van der Waals surface area (Å²) in [6, 6.07) is 41.3. The molecule has 1 N–H and O–H groups in total. The molecule has 0 bridgehead atoms. The van der Waals surface area contributed by atoms with Crippen LogP contribution < -0.4 is 29.9 Å². The van der Waals surface area contributed by atoms with E-state index in [4.69, 9.17) is 18.6 Å². The van der Waals surface area contributed by atoms with Crippen molar-refractivity contribution in [1.82, 2.24) is 9.80 Å². The Morgan fingerprint density at radius 2 is 0.974 bits per heavy atom. The normalized spacial score (nSPS) is 11.7. The third-order valence-corrected chi connectivity index (χ3v) is 10.1. The smallest absolute Gasteiger partial charge is 0.260 e. The summed E-state index contributed by atoms with van der Waals surface area (Å²) >= 11 is 0. The van der Waals surface area contributed by atoms with Crippen molar-refractivity contribution >= 4 is 29.1 Å². The molecule has 4 aromatic carbocycles. The lowest BCUT2D eigenvalue weighted by molar-refractivity contribution is -1.92. The minimum atomic E-state index is -4.69. The van der Waals surface area contributed by atoms with Gasteiger partial charge in [-0.15, -0.1) is 0 Å². The van der Waals surface area contributed by atoms with E-state index in [-0.39, 0.29) is 5.91 Å². The van der Waals surface area contributed by atoms with E-state index in [0.29, 0.717) is 5.56 Å². The second-order valence-corrected chi connectivity index (χ2v) is 12.9. The van der Waals surface area contributed by atoms with Crippen molar-refractivity contribution in [3.8, 4) is 0 Å². The summed E-state index contributed by atoms with van der Waals surface area (Å²) in [4.78, 5) is 17.7. The Morgan fingerprint density at radius 3 is 1.28 bits per heavy atom. The van der Waals surface area contributed by atoms with Crippen molar-refractivity contribution in [2.45, 2.75) is 0 Å². The molecule has 0 atom stereocenters. The highest BCUT2D eigenvalue weighted by molar-refractivity contribution is 7.99. The van der Waals surface area contributed by atoms with Gasteiger partial charge >= 0.3 is 0 Å². The lowest BCUT2D eigenvalue weighted by Gasteiger charge is -2.34. The molecule has 9 heteroatoms. The molecular formula is C30H31ClN2O5P+. The Labute approximate surface area is 232 Å². The summed E-state index contributed by atoms with van der Waals surface area (Å²) in [5.74, 6) is -0.0270. The van der Waals surface area contributed by atoms with E-state index in [9.17, 15) is 4.79 Å². The van der Waals surface area contributed by atoms with Gasteiger partial charge in [-0.3, -0.25) is 9.69 Å². The Kier molecular flexibility index (Phi) is 10.4. The molecule has 0 heterocycles. The van der Waals surface area contributed by atoms with Crippen molar-refractivity contribution < 1.29 is 33.7 Å². The number of nitrogens with zero attached hydrogens (tertiary/aromatic N) is 2. The summed E-state index contributed by atoms with van der Waals surface area (Å²) in [5.41, 5.74) is 1.65. The number of amides is 1. The topological polar surface area (TPSA) is 113 Å². The highest BCUT2D eigenvalue weighted by atomic mass is 35.7. The van der Waals surface area contributed by atoms with Crippen LogP contribution in [0.15, 0.2) is 133 Å². The predicted octanol–water partition coefficient (Wildman–Crippen LogP) is 0.989. The third kappa shape index (κ3) is 7.74. The first kappa shape index (κ1) is 30.0. The first-order valence-corrected chi connectivity index (χ1v) is 15.0. The Bertz CT molecular complexity index is 1250. The van der Waals surface area contributed by atoms with Crippen LogP contribution in [-0.4, -0.2) is 41.5 Å². The molecule has 0 aliphatic heterocycles. The molecule has 1 amide bonds. The van der Waals surface area contributed by atoms with Crippen LogP contribution in [0, 0.1) is 10.2 Å². The average Bonchev–Trinajstić information content (AvgIpc) is 2.93. The maximum atomic E-state index is 13.8. The maximum Gasteiger partial charge on any atom is 0.260 e. The van der Waals surface area contributed by atoms with Crippen molar-refractivity contribution in [2.24, 2.45) is 0 Å². The number of carbonyl (C=O) groups excluding carboxylic acids is 1.